The Bertz CT molecular complexity index is 583. The number of carbonyl (C=O) groups excluding carboxylic acids is 3. The van der Waals surface area contributed by atoms with E-state index in [0.29, 0.717) is 22.3 Å². The van der Waals surface area contributed by atoms with Gasteiger partial charge in [0.05, 0.1) is 11.3 Å². The molecule has 0 aliphatic carbocycles. The minimum absolute atomic E-state index is 0.179. The van der Waals surface area contributed by atoms with Crippen LogP contribution in [0, 0.1) is 0 Å². The summed E-state index contributed by atoms with van der Waals surface area (Å²) in [7, 11) is 0. The predicted molar refractivity (Wildman–Crippen MR) is 74.0 cm³/mol. The van der Waals surface area contributed by atoms with E-state index in [1.54, 1.807) is 24.3 Å². The summed E-state index contributed by atoms with van der Waals surface area (Å²) in [5, 5.41) is 2.57. The van der Waals surface area contributed by atoms with Crippen LogP contribution in [-0.2, 0) is 9.59 Å². The first kappa shape index (κ1) is 13.5. The van der Waals surface area contributed by atoms with E-state index in [0.717, 1.165) is 0 Å². The zero-order chi connectivity index (χ0) is 14.0. The number of nitrogens with one attached hydrogen (secondary N) is 1. The van der Waals surface area contributed by atoms with Gasteiger partial charge in [-0.15, -0.1) is 6.58 Å². The highest BCUT2D eigenvalue weighted by molar-refractivity contribution is 9.10. The van der Waals surface area contributed by atoms with E-state index >= 15 is 0 Å². The van der Waals surface area contributed by atoms with Crippen molar-refractivity contribution in [3.05, 3.63) is 40.9 Å². The zero-order valence-corrected chi connectivity index (χ0v) is 11.6. The van der Waals surface area contributed by atoms with Gasteiger partial charge in [-0.1, -0.05) is 12.1 Å². The number of halogens is 1. The number of nitrogens with zero attached hydrogens (tertiary/aromatic N) is 1. The highest BCUT2D eigenvalue weighted by atomic mass is 79.9. The van der Waals surface area contributed by atoms with E-state index < -0.39 is 11.7 Å². The third kappa shape index (κ3) is 2.44. The van der Waals surface area contributed by atoms with Crippen molar-refractivity contribution in [2.45, 2.75) is 0 Å². The van der Waals surface area contributed by atoms with Gasteiger partial charge in [-0.2, -0.15) is 0 Å². The molecule has 0 bridgehead atoms. The molecule has 98 valence electrons. The van der Waals surface area contributed by atoms with E-state index in [1.807, 2.05) is 0 Å². The maximum Gasteiger partial charge on any atom is 0.299 e. The Balaban J connectivity index is 2.27. The number of carbonyl (C=O) groups is 3. The lowest BCUT2D eigenvalue weighted by atomic mass is 10.1. The second-order valence-corrected chi connectivity index (χ2v) is 4.80. The number of ketones is 1. The summed E-state index contributed by atoms with van der Waals surface area (Å²) in [6, 6.07) is 5.04. The number of fused-ring (bicyclic) bond motifs is 1. The number of hydrogen-bond donors (Lipinski definition) is 1. The second kappa shape index (κ2) is 5.36. The van der Waals surface area contributed by atoms with E-state index in [-0.39, 0.29) is 12.5 Å². The number of amides is 2. The summed E-state index contributed by atoms with van der Waals surface area (Å²) in [5.41, 5.74) is 0.766. The fourth-order valence-corrected chi connectivity index (χ4v) is 2.38. The standard InChI is InChI=1S/C13H11BrN2O3/c1-2-6-15-10(17)7-16-9-5-3-4-8(14)11(9)12(18)13(16)19/h2-5H,1,6-7H2,(H,15,17). The van der Waals surface area contributed by atoms with Crippen LogP contribution in [0.25, 0.3) is 0 Å². The van der Waals surface area contributed by atoms with Gasteiger partial charge in [0.1, 0.15) is 6.54 Å². The van der Waals surface area contributed by atoms with Crippen molar-refractivity contribution >= 4 is 39.2 Å². The Hall–Kier alpha value is -1.95. The number of rotatable bonds is 4. The molecular weight excluding hydrogens is 312 g/mol. The predicted octanol–water partition coefficient (Wildman–Crippen LogP) is 1.28. The van der Waals surface area contributed by atoms with Crippen molar-refractivity contribution in [1.29, 1.82) is 0 Å². The fourth-order valence-electron chi connectivity index (χ4n) is 1.84. The molecule has 1 aliphatic heterocycles. The van der Waals surface area contributed by atoms with E-state index in [9.17, 15) is 14.4 Å². The number of anilines is 1. The molecule has 1 N–H and O–H groups in total. The highest BCUT2D eigenvalue weighted by Gasteiger charge is 2.38. The average Bonchev–Trinajstić information content (AvgIpc) is 2.63. The SMILES string of the molecule is C=CCNC(=O)CN1C(=O)C(=O)c2c(Br)cccc21. The largest absolute Gasteiger partial charge is 0.351 e. The van der Waals surface area contributed by atoms with Gasteiger partial charge in [-0.05, 0) is 28.1 Å². The van der Waals surface area contributed by atoms with E-state index in [1.165, 1.54) is 4.90 Å². The van der Waals surface area contributed by atoms with Crippen LogP contribution < -0.4 is 10.2 Å². The zero-order valence-electron chi connectivity index (χ0n) is 9.98. The fraction of sp³-hybridized carbons (Fsp3) is 0.154. The normalized spacial score (nSPS) is 13.4. The molecule has 0 spiro atoms. The molecule has 1 aliphatic rings. The molecule has 5 nitrogen and oxygen atoms in total. The Kier molecular flexibility index (Phi) is 3.80. The van der Waals surface area contributed by atoms with Crippen molar-refractivity contribution in [3.8, 4) is 0 Å². The minimum Gasteiger partial charge on any atom is -0.351 e. The molecule has 6 heteroatoms. The molecule has 2 rings (SSSR count). The van der Waals surface area contributed by atoms with Gasteiger partial charge in [0, 0.05) is 11.0 Å². The van der Waals surface area contributed by atoms with Gasteiger partial charge in [0.15, 0.2) is 0 Å². The molecule has 1 heterocycles. The third-order valence-electron chi connectivity index (χ3n) is 2.69. The summed E-state index contributed by atoms with van der Waals surface area (Å²) >= 11 is 3.24. The topological polar surface area (TPSA) is 66.5 Å². The Morgan fingerprint density at radius 3 is 2.84 bits per heavy atom. The van der Waals surface area contributed by atoms with Crippen LogP contribution in [0.5, 0.6) is 0 Å². The maximum absolute atomic E-state index is 11.9. The van der Waals surface area contributed by atoms with Crippen LogP contribution in [0.2, 0.25) is 0 Å². The molecule has 0 fully saturated rings. The van der Waals surface area contributed by atoms with Crippen molar-refractivity contribution in [3.63, 3.8) is 0 Å². The van der Waals surface area contributed by atoms with Gasteiger partial charge < -0.3 is 5.32 Å². The Labute approximate surface area is 118 Å². The lowest BCUT2D eigenvalue weighted by molar-refractivity contribution is -0.122. The van der Waals surface area contributed by atoms with Crippen molar-refractivity contribution in [2.24, 2.45) is 0 Å². The maximum atomic E-state index is 11.9. The van der Waals surface area contributed by atoms with Crippen LogP contribution in [0.3, 0.4) is 0 Å². The second-order valence-electron chi connectivity index (χ2n) is 3.95. The average molecular weight is 323 g/mol. The lowest BCUT2D eigenvalue weighted by Crippen LogP contribution is -2.40. The van der Waals surface area contributed by atoms with Gasteiger partial charge in [-0.25, -0.2) is 0 Å². The highest BCUT2D eigenvalue weighted by Crippen LogP contribution is 2.33. The first-order valence-corrected chi connectivity index (χ1v) is 6.38. The molecule has 0 aromatic heterocycles. The number of Topliss-reactive ketones (excluding diaryl/α,β-unsaturated/α-hetero) is 1. The van der Waals surface area contributed by atoms with Crippen LogP contribution in [0.4, 0.5) is 5.69 Å². The first-order chi connectivity index (χ1) is 9.06. The molecule has 2 amide bonds. The van der Waals surface area contributed by atoms with Crippen LogP contribution >= 0.6 is 15.9 Å². The monoisotopic (exact) mass is 322 g/mol. The number of hydrogen-bond acceptors (Lipinski definition) is 3. The molecule has 1 aromatic rings. The summed E-state index contributed by atoms with van der Waals surface area (Å²) in [6.45, 7) is 3.62. The molecule has 0 atom stereocenters. The molecular formula is C13H11BrN2O3. The quantitative estimate of drug-likeness (QED) is 0.670. The molecule has 1 aromatic carbocycles. The van der Waals surface area contributed by atoms with Gasteiger partial charge in [-0.3, -0.25) is 19.3 Å². The summed E-state index contributed by atoms with van der Waals surface area (Å²) in [6.07, 6.45) is 1.54. The van der Waals surface area contributed by atoms with Crippen LogP contribution in [0.1, 0.15) is 10.4 Å². The minimum atomic E-state index is -0.685. The Morgan fingerprint density at radius 2 is 2.16 bits per heavy atom. The number of benzene rings is 1. The van der Waals surface area contributed by atoms with Gasteiger partial charge in [0.2, 0.25) is 5.91 Å². The molecule has 0 saturated carbocycles. The summed E-state index contributed by atoms with van der Waals surface area (Å²) < 4.78 is 0.553. The van der Waals surface area contributed by atoms with Crippen molar-refractivity contribution < 1.29 is 14.4 Å². The molecule has 19 heavy (non-hydrogen) atoms. The molecule has 0 radical (unpaired) electrons. The summed E-state index contributed by atoms with van der Waals surface area (Å²) in [4.78, 5) is 36.5. The van der Waals surface area contributed by atoms with Gasteiger partial charge in [0.25, 0.3) is 11.7 Å². The van der Waals surface area contributed by atoms with E-state index in [4.69, 9.17) is 0 Å². The van der Waals surface area contributed by atoms with Crippen molar-refractivity contribution in [2.75, 3.05) is 18.0 Å². The molecule has 0 saturated heterocycles. The molecule has 0 unspecified atom stereocenters. The third-order valence-corrected chi connectivity index (χ3v) is 3.35. The Morgan fingerprint density at radius 1 is 1.42 bits per heavy atom. The first-order valence-electron chi connectivity index (χ1n) is 5.58. The van der Waals surface area contributed by atoms with Gasteiger partial charge >= 0.3 is 0 Å². The smallest absolute Gasteiger partial charge is 0.299 e. The van der Waals surface area contributed by atoms with Crippen LogP contribution in [0.15, 0.2) is 35.3 Å². The summed E-state index contributed by atoms with van der Waals surface area (Å²) in [5.74, 6) is -1.62. The lowest BCUT2D eigenvalue weighted by Gasteiger charge is -2.15. The van der Waals surface area contributed by atoms with Crippen LogP contribution in [-0.4, -0.2) is 30.7 Å². The van der Waals surface area contributed by atoms with E-state index in [2.05, 4.69) is 27.8 Å². The van der Waals surface area contributed by atoms with Crippen molar-refractivity contribution in [1.82, 2.24) is 5.32 Å².